The Bertz CT molecular complexity index is 288. The van der Waals surface area contributed by atoms with Crippen LogP contribution in [-0.2, 0) is 0 Å². The smallest absolute Gasteiger partial charge is 0.115 e. The molecule has 1 aromatic rings. The van der Waals surface area contributed by atoms with E-state index in [9.17, 15) is 0 Å². The quantitative estimate of drug-likeness (QED) is 0.583. The Hall–Kier alpha value is -1.46. The highest BCUT2D eigenvalue weighted by Gasteiger charge is 2.00. The van der Waals surface area contributed by atoms with Crippen molar-refractivity contribution in [3.63, 3.8) is 0 Å². The molecule has 0 bridgehead atoms. The number of hydrogen-bond donors (Lipinski definition) is 2. The second-order valence-electron chi connectivity index (χ2n) is 2.24. The highest BCUT2D eigenvalue weighted by atomic mass is 16.3. The molecule has 2 nitrogen and oxygen atoms in total. The molecule has 3 N–H and O–H groups in total. The Labute approximate surface area is 65.7 Å². The van der Waals surface area contributed by atoms with Crippen LogP contribution in [0.2, 0.25) is 0 Å². The maximum Gasteiger partial charge on any atom is 0.115 e. The van der Waals surface area contributed by atoms with Crippen molar-refractivity contribution in [3.8, 4) is 18.1 Å². The zero-order valence-corrected chi connectivity index (χ0v) is 5.99. The molecule has 56 valence electrons. The van der Waals surface area contributed by atoms with Crippen LogP contribution in [0, 0.1) is 12.3 Å². The van der Waals surface area contributed by atoms with Crippen molar-refractivity contribution in [1.82, 2.24) is 0 Å². The van der Waals surface area contributed by atoms with Gasteiger partial charge in [-0.1, -0.05) is 18.1 Å². The van der Waals surface area contributed by atoms with Crippen molar-refractivity contribution < 1.29 is 5.11 Å². The molecule has 0 fully saturated rings. The van der Waals surface area contributed by atoms with E-state index >= 15 is 0 Å². The molecule has 1 unspecified atom stereocenters. The Morgan fingerprint density at radius 3 is 2.82 bits per heavy atom. The highest BCUT2D eigenvalue weighted by Crippen LogP contribution is 2.15. The molecule has 1 rings (SSSR count). The standard InChI is InChI=1S/C9H9NO/c1-2-9(10)7-4-3-5-8(11)6-7/h1,3-6,9,11H,10H2. The fourth-order valence-electron chi connectivity index (χ4n) is 0.814. The lowest BCUT2D eigenvalue weighted by Crippen LogP contribution is -2.06. The van der Waals surface area contributed by atoms with Crippen molar-refractivity contribution >= 4 is 0 Å². The van der Waals surface area contributed by atoms with Crippen LogP contribution in [0.1, 0.15) is 11.6 Å². The summed E-state index contributed by atoms with van der Waals surface area (Å²) in [6, 6.07) is 6.20. The Morgan fingerprint density at radius 2 is 2.27 bits per heavy atom. The van der Waals surface area contributed by atoms with E-state index in [0.29, 0.717) is 0 Å². The average molecular weight is 147 g/mol. The normalized spacial score (nSPS) is 12.0. The van der Waals surface area contributed by atoms with Gasteiger partial charge in [0, 0.05) is 0 Å². The molecule has 0 spiro atoms. The number of rotatable bonds is 1. The molecule has 0 amide bonds. The molecule has 1 atom stereocenters. The van der Waals surface area contributed by atoms with E-state index < -0.39 is 6.04 Å². The van der Waals surface area contributed by atoms with Crippen LogP contribution in [0.3, 0.4) is 0 Å². The third kappa shape index (κ3) is 1.73. The van der Waals surface area contributed by atoms with E-state index in [2.05, 4.69) is 5.92 Å². The summed E-state index contributed by atoms with van der Waals surface area (Å²) in [5, 5.41) is 9.03. The van der Waals surface area contributed by atoms with Gasteiger partial charge in [0.05, 0.1) is 6.04 Å². The summed E-state index contributed by atoms with van der Waals surface area (Å²) in [5.41, 5.74) is 6.27. The summed E-state index contributed by atoms with van der Waals surface area (Å²) >= 11 is 0. The average Bonchev–Trinajstić information content (AvgIpc) is 2.03. The zero-order chi connectivity index (χ0) is 8.27. The van der Waals surface area contributed by atoms with Crippen molar-refractivity contribution in [3.05, 3.63) is 29.8 Å². The van der Waals surface area contributed by atoms with Crippen molar-refractivity contribution in [2.45, 2.75) is 6.04 Å². The maximum absolute atomic E-state index is 9.03. The van der Waals surface area contributed by atoms with Crippen LogP contribution in [0.15, 0.2) is 24.3 Å². The first-order valence-electron chi connectivity index (χ1n) is 3.24. The second kappa shape index (κ2) is 3.09. The third-order valence-electron chi connectivity index (χ3n) is 1.41. The summed E-state index contributed by atoms with van der Waals surface area (Å²) in [6.45, 7) is 0. The molecule has 0 saturated carbocycles. The third-order valence-corrected chi connectivity index (χ3v) is 1.41. The number of aromatic hydroxyl groups is 1. The summed E-state index contributed by atoms with van der Waals surface area (Å²) in [6.07, 6.45) is 5.10. The van der Waals surface area contributed by atoms with E-state index in [1.165, 1.54) is 0 Å². The van der Waals surface area contributed by atoms with Gasteiger partial charge in [-0.3, -0.25) is 0 Å². The van der Waals surface area contributed by atoms with Gasteiger partial charge in [-0.15, -0.1) is 6.42 Å². The lowest BCUT2D eigenvalue weighted by atomic mass is 10.1. The number of terminal acetylenes is 1. The van der Waals surface area contributed by atoms with Gasteiger partial charge in [-0.25, -0.2) is 0 Å². The SMILES string of the molecule is C#CC(N)c1cccc(O)c1. The molecule has 0 aliphatic rings. The fraction of sp³-hybridized carbons (Fsp3) is 0.111. The van der Waals surface area contributed by atoms with E-state index in [1.54, 1.807) is 24.3 Å². The van der Waals surface area contributed by atoms with Crippen molar-refractivity contribution in [2.75, 3.05) is 0 Å². The lowest BCUT2D eigenvalue weighted by molar-refractivity contribution is 0.474. The topological polar surface area (TPSA) is 46.2 Å². The van der Waals surface area contributed by atoms with E-state index in [4.69, 9.17) is 17.3 Å². The van der Waals surface area contributed by atoms with Gasteiger partial charge in [0.1, 0.15) is 5.75 Å². The molecule has 0 heterocycles. The van der Waals surface area contributed by atoms with Crippen LogP contribution in [0.5, 0.6) is 5.75 Å². The molecule has 0 aliphatic heterocycles. The number of phenolic OH excluding ortho intramolecular Hbond substituents is 1. The van der Waals surface area contributed by atoms with Crippen LogP contribution in [-0.4, -0.2) is 5.11 Å². The minimum Gasteiger partial charge on any atom is -0.508 e. The molecule has 0 saturated heterocycles. The molecule has 1 aromatic carbocycles. The zero-order valence-electron chi connectivity index (χ0n) is 5.99. The molecular formula is C9H9NO. The van der Waals surface area contributed by atoms with Gasteiger partial charge in [0.2, 0.25) is 0 Å². The highest BCUT2D eigenvalue weighted by molar-refractivity contribution is 5.32. The molecule has 0 aliphatic carbocycles. The number of phenols is 1. The summed E-state index contributed by atoms with van der Waals surface area (Å²) in [5.74, 6) is 2.56. The van der Waals surface area contributed by atoms with Crippen LogP contribution in [0.4, 0.5) is 0 Å². The Balaban J connectivity index is 2.98. The number of benzene rings is 1. The number of hydrogen-bond acceptors (Lipinski definition) is 2. The summed E-state index contributed by atoms with van der Waals surface area (Å²) in [4.78, 5) is 0. The predicted molar refractivity (Wildman–Crippen MR) is 43.9 cm³/mol. The van der Waals surface area contributed by atoms with Gasteiger partial charge in [-0.05, 0) is 17.7 Å². The van der Waals surface area contributed by atoms with Gasteiger partial charge in [0.25, 0.3) is 0 Å². The first-order valence-corrected chi connectivity index (χ1v) is 3.24. The number of nitrogens with two attached hydrogens (primary N) is 1. The first kappa shape index (κ1) is 7.64. The molecule has 0 aromatic heterocycles. The fourth-order valence-corrected chi connectivity index (χ4v) is 0.814. The summed E-state index contributed by atoms with van der Waals surface area (Å²) < 4.78 is 0. The van der Waals surface area contributed by atoms with Gasteiger partial charge in [0.15, 0.2) is 0 Å². The van der Waals surface area contributed by atoms with Crippen LogP contribution in [0.25, 0.3) is 0 Å². The van der Waals surface area contributed by atoms with E-state index in [-0.39, 0.29) is 5.75 Å². The van der Waals surface area contributed by atoms with Crippen molar-refractivity contribution in [2.24, 2.45) is 5.73 Å². The first-order chi connectivity index (χ1) is 5.24. The molecule has 11 heavy (non-hydrogen) atoms. The van der Waals surface area contributed by atoms with Crippen LogP contribution < -0.4 is 5.73 Å². The molecule has 2 heteroatoms. The molecular weight excluding hydrogens is 138 g/mol. The monoisotopic (exact) mass is 147 g/mol. The predicted octanol–water partition coefficient (Wildman–Crippen LogP) is 1.03. The van der Waals surface area contributed by atoms with Gasteiger partial charge in [-0.2, -0.15) is 0 Å². The lowest BCUT2D eigenvalue weighted by Gasteiger charge is -2.03. The van der Waals surface area contributed by atoms with Crippen LogP contribution >= 0.6 is 0 Å². The molecule has 0 radical (unpaired) electrons. The van der Waals surface area contributed by atoms with Gasteiger partial charge < -0.3 is 10.8 Å². The maximum atomic E-state index is 9.03. The minimum absolute atomic E-state index is 0.188. The Morgan fingerprint density at radius 1 is 1.55 bits per heavy atom. The van der Waals surface area contributed by atoms with E-state index in [0.717, 1.165) is 5.56 Å². The Kier molecular flexibility index (Phi) is 2.15. The second-order valence-corrected chi connectivity index (χ2v) is 2.24. The summed E-state index contributed by atoms with van der Waals surface area (Å²) in [7, 11) is 0. The largest absolute Gasteiger partial charge is 0.508 e. The minimum atomic E-state index is -0.429. The van der Waals surface area contributed by atoms with Gasteiger partial charge >= 0.3 is 0 Å². The van der Waals surface area contributed by atoms with E-state index in [1.807, 2.05) is 0 Å². The van der Waals surface area contributed by atoms with Crippen molar-refractivity contribution in [1.29, 1.82) is 0 Å².